The molecule has 5 nitrogen and oxygen atoms in total. The van der Waals surface area contributed by atoms with Gasteiger partial charge in [-0.2, -0.15) is 0 Å². The van der Waals surface area contributed by atoms with Crippen LogP contribution in [-0.4, -0.2) is 25.0 Å². The van der Waals surface area contributed by atoms with E-state index in [-0.39, 0.29) is 5.92 Å². The highest BCUT2D eigenvalue weighted by Crippen LogP contribution is 2.21. The minimum atomic E-state index is 0.235. The summed E-state index contributed by atoms with van der Waals surface area (Å²) >= 11 is 5.96. The predicted molar refractivity (Wildman–Crippen MR) is 61.1 cm³/mol. The second-order valence-electron chi connectivity index (χ2n) is 3.83. The molecule has 0 amide bonds. The summed E-state index contributed by atoms with van der Waals surface area (Å²) in [4.78, 5) is 8.62. The second kappa shape index (κ2) is 4.17. The maximum atomic E-state index is 5.96. The van der Waals surface area contributed by atoms with Gasteiger partial charge in [0.2, 0.25) is 0 Å². The molecule has 0 bridgehead atoms. The SMILES string of the molecule is CC(C)c1nc(Cl)cc(-c2cnnn2C)n1. The van der Waals surface area contributed by atoms with Crippen LogP contribution in [0.5, 0.6) is 0 Å². The Kier molecular flexibility index (Phi) is 2.87. The fourth-order valence-electron chi connectivity index (χ4n) is 1.35. The lowest BCUT2D eigenvalue weighted by molar-refractivity contribution is 0.716. The number of halogens is 1. The van der Waals surface area contributed by atoms with E-state index >= 15 is 0 Å². The van der Waals surface area contributed by atoms with E-state index in [9.17, 15) is 0 Å². The molecule has 0 saturated carbocycles. The van der Waals surface area contributed by atoms with E-state index < -0.39 is 0 Å². The van der Waals surface area contributed by atoms with E-state index in [1.807, 2.05) is 20.9 Å². The molecule has 0 saturated heterocycles. The van der Waals surface area contributed by atoms with Crippen LogP contribution in [-0.2, 0) is 7.05 Å². The number of aromatic nitrogens is 5. The van der Waals surface area contributed by atoms with E-state index in [4.69, 9.17) is 11.6 Å². The summed E-state index contributed by atoms with van der Waals surface area (Å²) in [5.74, 6) is 0.960. The fourth-order valence-corrected chi connectivity index (χ4v) is 1.54. The molecule has 84 valence electrons. The quantitative estimate of drug-likeness (QED) is 0.751. The van der Waals surface area contributed by atoms with Crippen molar-refractivity contribution in [2.75, 3.05) is 0 Å². The third-order valence-electron chi connectivity index (χ3n) is 2.21. The van der Waals surface area contributed by atoms with Crippen LogP contribution in [0.2, 0.25) is 5.15 Å². The van der Waals surface area contributed by atoms with Crippen LogP contribution in [0.1, 0.15) is 25.6 Å². The van der Waals surface area contributed by atoms with Crippen molar-refractivity contribution < 1.29 is 0 Å². The first-order valence-corrected chi connectivity index (χ1v) is 5.35. The van der Waals surface area contributed by atoms with E-state index in [1.54, 1.807) is 16.9 Å². The molecule has 0 spiro atoms. The van der Waals surface area contributed by atoms with Crippen LogP contribution < -0.4 is 0 Å². The van der Waals surface area contributed by atoms with Gasteiger partial charge in [-0.15, -0.1) is 5.10 Å². The fraction of sp³-hybridized carbons (Fsp3) is 0.400. The number of hydrogen-bond donors (Lipinski definition) is 0. The van der Waals surface area contributed by atoms with Crippen molar-refractivity contribution in [1.29, 1.82) is 0 Å². The van der Waals surface area contributed by atoms with Gasteiger partial charge in [0, 0.05) is 19.0 Å². The Balaban J connectivity index is 2.54. The topological polar surface area (TPSA) is 56.5 Å². The van der Waals surface area contributed by atoms with E-state index in [0.29, 0.717) is 5.15 Å². The maximum Gasteiger partial charge on any atom is 0.133 e. The van der Waals surface area contributed by atoms with Gasteiger partial charge in [0.05, 0.1) is 11.9 Å². The molecule has 2 aromatic rings. The van der Waals surface area contributed by atoms with Crippen LogP contribution in [0.4, 0.5) is 0 Å². The largest absolute Gasteiger partial charge is 0.246 e. The third kappa shape index (κ3) is 2.04. The summed E-state index contributed by atoms with van der Waals surface area (Å²) in [6, 6.07) is 1.71. The maximum absolute atomic E-state index is 5.96. The zero-order valence-corrected chi connectivity index (χ0v) is 10.1. The van der Waals surface area contributed by atoms with Gasteiger partial charge in [0.25, 0.3) is 0 Å². The summed E-state index contributed by atoms with van der Waals surface area (Å²) < 4.78 is 1.66. The number of nitrogens with zero attached hydrogens (tertiary/aromatic N) is 5. The van der Waals surface area contributed by atoms with Crippen molar-refractivity contribution in [2.24, 2.45) is 7.05 Å². The number of aryl methyl sites for hydroxylation is 1. The van der Waals surface area contributed by atoms with Crippen LogP contribution in [0.3, 0.4) is 0 Å². The Hall–Kier alpha value is -1.49. The molecule has 0 fully saturated rings. The summed E-state index contributed by atoms with van der Waals surface area (Å²) in [5, 5.41) is 8.11. The van der Waals surface area contributed by atoms with Crippen molar-refractivity contribution in [1.82, 2.24) is 25.0 Å². The minimum Gasteiger partial charge on any atom is -0.246 e. The van der Waals surface area contributed by atoms with Gasteiger partial charge < -0.3 is 0 Å². The first-order chi connectivity index (χ1) is 7.58. The van der Waals surface area contributed by atoms with Gasteiger partial charge in [-0.3, -0.25) is 0 Å². The summed E-state index contributed by atoms with van der Waals surface area (Å²) in [7, 11) is 1.81. The van der Waals surface area contributed by atoms with Crippen molar-refractivity contribution >= 4 is 11.6 Å². The average molecular weight is 238 g/mol. The molecule has 2 heterocycles. The predicted octanol–water partition coefficient (Wildman–Crippen LogP) is 2.05. The van der Waals surface area contributed by atoms with Crippen molar-refractivity contribution in [2.45, 2.75) is 19.8 Å². The van der Waals surface area contributed by atoms with Gasteiger partial charge in [0.1, 0.15) is 16.7 Å². The van der Waals surface area contributed by atoms with E-state index in [2.05, 4.69) is 20.3 Å². The molecule has 0 aliphatic carbocycles. The molecule has 0 atom stereocenters. The molecule has 0 aliphatic rings. The summed E-state index contributed by atoms with van der Waals surface area (Å²) in [6.07, 6.45) is 1.66. The van der Waals surface area contributed by atoms with Gasteiger partial charge >= 0.3 is 0 Å². The van der Waals surface area contributed by atoms with E-state index in [1.165, 1.54) is 0 Å². The summed E-state index contributed by atoms with van der Waals surface area (Å²) in [6.45, 7) is 4.05. The standard InChI is InChI=1S/C10H12ClN5/c1-6(2)10-13-7(4-9(11)14-10)8-5-12-15-16(8)3/h4-6H,1-3H3. The van der Waals surface area contributed by atoms with Crippen LogP contribution in [0.15, 0.2) is 12.3 Å². The monoisotopic (exact) mass is 237 g/mol. The molecule has 2 aromatic heterocycles. The zero-order chi connectivity index (χ0) is 11.7. The summed E-state index contributed by atoms with van der Waals surface area (Å²) in [5.41, 5.74) is 1.57. The van der Waals surface area contributed by atoms with Gasteiger partial charge in [-0.05, 0) is 0 Å². The third-order valence-corrected chi connectivity index (χ3v) is 2.40. The molecule has 0 N–H and O–H groups in total. The molecule has 16 heavy (non-hydrogen) atoms. The molecule has 0 aliphatic heterocycles. The van der Waals surface area contributed by atoms with Crippen molar-refractivity contribution in [3.8, 4) is 11.4 Å². The highest BCUT2D eigenvalue weighted by atomic mass is 35.5. The smallest absolute Gasteiger partial charge is 0.133 e. The second-order valence-corrected chi connectivity index (χ2v) is 4.22. The number of hydrogen-bond acceptors (Lipinski definition) is 4. The van der Waals surface area contributed by atoms with Crippen LogP contribution in [0.25, 0.3) is 11.4 Å². The van der Waals surface area contributed by atoms with Gasteiger partial charge in [-0.25, -0.2) is 14.6 Å². The van der Waals surface area contributed by atoms with Gasteiger partial charge in [0.15, 0.2) is 0 Å². The zero-order valence-electron chi connectivity index (χ0n) is 9.35. The van der Waals surface area contributed by atoms with Gasteiger partial charge in [-0.1, -0.05) is 30.7 Å². The average Bonchev–Trinajstić information content (AvgIpc) is 2.63. The Morgan fingerprint density at radius 3 is 2.62 bits per heavy atom. The molecular weight excluding hydrogens is 226 g/mol. The lowest BCUT2D eigenvalue weighted by atomic mass is 10.2. The highest BCUT2D eigenvalue weighted by molar-refractivity contribution is 6.29. The first kappa shape index (κ1) is 11.0. The Labute approximate surface area is 98.5 Å². The molecule has 6 heteroatoms. The lowest BCUT2D eigenvalue weighted by Crippen LogP contribution is -2.02. The first-order valence-electron chi connectivity index (χ1n) is 4.97. The molecule has 2 rings (SSSR count). The number of rotatable bonds is 2. The molecule has 0 aromatic carbocycles. The Morgan fingerprint density at radius 1 is 1.31 bits per heavy atom. The van der Waals surface area contributed by atoms with Crippen LogP contribution in [0, 0.1) is 0 Å². The lowest BCUT2D eigenvalue weighted by Gasteiger charge is -2.06. The molecule has 0 unspecified atom stereocenters. The van der Waals surface area contributed by atoms with E-state index in [0.717, 1.165) is 17.2 Å². The van der Waals surface area contributed by atoms with Crippen molar-refractivity contribution in [3.05, 3.63) is 23.2 Å². The Bertz CT molecular complexity index is 506. The highest BCUT2D eigenvalue weighted by Gasteiger charge is 2.11. The van der Waals surface area contributed by atoms with Crippen LogP contribution >= 0.6 is 11.6 Å². The molecule has 0 radical (unpaired) electrons. The Morgan fingerprint density at radius 2 is 2.06 bits per heavy atom. The molecular formula is C10H12ClN5. The van der Waals surface area contributed by atoms with Crippen molar-refractivity contribution in [3.63, 3.8) is 0 Å². The normalized spacial score (nSPS) is 11.1. The minimum absolute atomic E-state index is 0.235.